The number of Topliss-reactive ketones (excluding diaryl/α,β-unsaturated/α-hetero) is 1. The zero-order valence-electron chi connectivity index (χ0n) is 10.3. The zero-order chi connectivity index (χ0) is 11.4. The van der Waals surface area contributed by atoms with E-state index in [-0.39, 0.29) is 11.2 Å². The van der Waals surface area contributed by atoms with Gasteiger partial charge in [-0.3, -0.25) is 4.79 Å². The SMILES string of the molecule is C=C(C(=O)CCCC(C)C)C(C)(C)C. The van der Waals surface area contributed by atoms with Gasteiger partial charge >= 0.3 is 0 Å². The molecule has 0 heterocycles. The molecule has 0 aliphatic carbocycles. The van der Waals surface area contributed by atoms with Gasteiger partial charge in [0.1, 0.15) is 0 Å². The second-order valence-corrected chi connectivity index (χ2v) is 5.44. The molecule has 0 saturated carbocycles. The van der Waals surface area contributed by atoms with Gasteiger partial charge in [0.2, 0.25) is 0 Å². The van der Waals surface area contributed by atoms with Crippen molar-refractivity contribution in [3.05, 3.63) is 12.2 Å². The van der Waals surface area contributed by atoms with Crippen molar-refractivity contribution in [2.75, 3.05) is 0 Å². The van der Waals surface area contributed by atoms with Gasteiger partial charge in [0.25, 0.3) is 0 Å². The summed E-state index contributed by atoms with van der Waals surface area (Å²) in [6.45, 7) is 14.4. The van der Waals surface area contributed by atoms with Gasteiger partial charge in [-0.1, -0.05) is 47.6 Å². The van der Waals surface area contributed by atoms with Gasteiger partial charge in [0.15, 0.2) is 5.78 Å². The molecule has 0 aromatic carbocycles. The van der Waals surface area contributed by atoms with Crippen molar-refractivity contribution < 1.29 is 4.79 Å². The maximum atomic E-state index is 11.7. The smallest absolute Gasteiger partial charge is 0.158 e. The first-order valence-electron chi connectivity index (χ1n) is 5.47. The Morgan fingerprint density at radius 1 is 1.29 bits per heavy atom. The van der Waals surface area contributed by atoms with Crippen molar-refractivity contribution in [2.45, 2.75) is 53.9 Å². The molecule has 0 rings (SSSR count). The van der Waals surface area contributed by atoms with Gasteiger partial charge < -0.3 is 0 Å². The molecule has 0 aromatic rings. The van der Waals surface area contributed by atoms with Gasteiger partial charge in [-0.25, -0.2) is 0 Å². The number of ketones is 1. The van der Waals surface area contributed by atoms with E-state index in [1.807, 2.05) is 20.8 Å². The molecular formula is C13H24O. The molecule has 0 aliphatic heterocycles. The Morgan fingerprint density at radius 3 is 2.14 bits per heavy atom. The van der Waals surface area contributed by atoms with E-state index in [1.165, 1.54) is 0 Å². The van der Waals surface area contributed by atoms with Crippen LogP contribution in [0.15, 0.2) is 12.2 Å². The summed E-state index contributed by atoms with van der Waals surface area (Å²) in [6.07, 6.45) is 2.78. The molecule has 1 heteroatoms. The van der Waals surface area contributed by atoms with Crippen molar-refractivity contribution in [3.63, 3.8) is 0 Å². The van der Waals surface area contributed by atoms with Crippen LogP contribution in [-0.4, -0.2) is 5.78 Å². The van der Waals surface area contributed by atoms with Crippen LogP contribution in [0.5, 0.6) is 0 Å². The number of hydrogen-bond acceptors (Lipinski definition) is 1. The minimum Gasteiger partial charge on any atom is -0.295 e. The second-order valence-electron chi connectivity index (χ2n) is 5.44. The van der Waals surface area contributed by atoms with Crippen LogP contribution in [0.25, 0.3) is 0 Å². The lowest BCUT2D eigenvalue weighted by atomic mass is 9.83. The molecule has 0 aliphatic rings. The molecular weight excluding hydrogens is 172 g/mol. The lowest BCUT2D eigenvalue weighted by Crippen LogP contribution is -2.16. The van der Waals surface area contributed by atoms with Crippen LogP contribution in [0, 0.1) is 11.3 Å². The molecule has 0 aromatic heterocycles. The van der Waals surface area contributed by atoms with Gasteiger partial charge in [-0.15, -0.1) is 0 Å². The fraction of sp³-hybridized carbons (Fsp3) is 0.769. The third kappa shape index (κ3) is 5.21. The van der Waals surface area contributed by atoms with Crippen molar-refractivity contribution in [1.29, 1.82) is 0 Å². The van der Waals surface area contributed by atoms with E-state index in [9.17, 15) is 4.79 Å². The van der Waals surface area contributed by atoms with Gasteiger partial charge in [0.05, 0.1) is 0 Å². The molecule has 0 fully saturated rings. The number of carbonyl (C=O) groups is 1. The van der Waals surface area contributed by atoms with E-state index in [1.54, 1.807) is 0 Å². The molecule has 14 heavy (non-hydrogen) atoms. The monoisotopic (exact) mass is 196 g/mol. The maximum Gasteiger partial charge on any atom is 0.158 e. The van der Waals surface area contributed by atoms with Crippen molar-refractivity contribution in [1.82, 2.24) is 0 Å². The lowest BCUT2D eigenvalue weighted by Gasteiger charge is -2.20. The van der Waals surface area contributed by atoms with Crippen LogP contribution in [0.2, 0.25) is 0 Å². The highest BCUT2D eigenvalue weighted by molar-refractivity contribution is 5.95. The summed E-state index contributed by atoms with van der Waals surface area (Å²) in [4.78, 5) is 11.7. The third-order valence-corrected chi connectivity index (χ3v) is 2.43. The highest BCUT2D eigenvalue weighted by Gasteiger charge is 2.20. The molecule has 0 spiro atoms. The number of rotatable bonds is 5. The van der Waals surface area contributed by atoms with E-state index in [4.69, 9.17) is 0 Å². The summed E-state index contributed by atoms with van der Waals surface area (Å²) >= 11 is 0. The van der Waals surface area contributed by atoms with Crippen molar-refractivity contribution in [2.24, 2.45) is 11.3 Å². The van der Waals surface area contributed by atoms with Gasteiger partial charge in [-0.05, 0) is 23.3 Å². The largest absolute Gasteiger partial charge is 0.295 e. The summed E-state index contributed by atoms with van der Waals surface area (Å²) in [5, 5.41) is 0. The van der Waals surface area contributed by atoms with Crippen molar-refractivity contribution in [3.8, 4) is 0 Å². The van der Waals surface area contributed by atoms with Crippen LogP contribution in [0.3, 0.4) is 0 Å². The fourth-order valence-electron chi connectivity index (χ4n) is 1.24. The Hall–Kier alpha value is -0.590. The highest BCUT2D eigenvalue weighted by atomic mass is 16.1. The van der Waals surface area contributed by atoms with E-state index >= 15 is 0 Å². The fourth-order valence-corrected chi connectivity index (χ4v) is 1.24. The molecule has 0 atom stereocenters. The molecule has 0 N–H and O–H groups in total. The summed E-state index contributed by atoms with van der Waals surface area (Å²) in [7, 11) is 0. The second kappa shape index (κ2) is 5.33. The Bertz CT molecular complexity index is 206. The predicted octanol–water partition coefficient (Wildman–Crippen LogP) is 3.98. The standard InChI is InChI=1S/C13H24O/c1-10(2)8-7-9-12(14)11(3)13(4,5)6/h10H,3,7-9H2,1-2,4-6H3. The highest BCUT2D eigenvalue weighted by Crippen LogP contribution is 2.25. The van der Waals surface area contributed by atoms with Crippen LogP contribution >= 0.6 is 0 Å². The number of carbonyl (C=O) groups excluding carboxylic acids is 1. The van der Waals surface area contributed by atoms with E-state index in [0.717, 1.165) is 18.4 Å². The minimum atomic E-state index is -0.0745. The molecule has 0 amide bonds. The molecule has 0 radical (unpaired) electrons. The average molecular weight is 196 g/mol. The van der Waals surface area contributed by atoms with E-state index in [2.05, 4.69) is 20.4 Å². The lowest BCUT2D eigenvalue weighted by molar-refractivity contribution is -0.116. The van der Waals surface area contributed by atoms with Crippen LogP contribution in [0.1, 0.15) is 53.9 Å². The van der Waals surface area contributed by atoms with E-state index in [0.29, 0.717) is 12.3 Å². The van der Waals surface area contributed by atoms with Crippen LogP contribution < -0.4 is 0 Å². The average Bonchev–Trinajstić information content (AvgIpc) is 2.00. The third-order valence-electron chi connectivity index (χ3n) is 2.43. The quantitative estimate of drug-likeness (QED) is 0.608. The molecule has 0 unspecified atom stereocenters. The van der Waals surface area contributed by atoms with E-state index < -0.39 is 0 Å². The first kappa shape index (κ1) is 13.4. The van der Waals surface area contributed by atoms with Gasteiger partial charge in [-0.2, -0.15) is 0 Å². The summed E-state index contributed by atoms with van der Waals surface area (Å²) in [5.74, 6) is 0.920. The molecule has 0 saturated heterocycles. The topological polar surface area (TPSA) is 17.1 Å². The first-order chi connectivity index (χ1) is 6.25. The number of hydrogen-bond donors (Lipinski definition) is 0. The zero-order valence-corrected chi connectivity index (χ0v) is 10.3. The summed E-state index contributed by atoms with van der Waals surface area (Å²) < 4.78 is 0. The molecule has 82 valence electrons. The normalized spacial score (nSPS) is 11.9. The van der Waals surface area contributed by atoms with Crippen molar-refractivity contribution >= 4 is 5.78 Å². The first-order valence-corrected chi connectivity index (χ1v) is 5.47. The molecule has 1 nitrogen and oxygen atoms in total. The van der Waals surface area contributed by atoms with Crippen LogP contribution in [-0.2, 0) is 4.79 Å². The molecule has 0 bridgehead atoms. The Morgan fingerprint density at radius 2 is 1.79 bits per heavy atom. The number of allylic oxidation sites excluding steroid dienone is 1. The minimum absolute atomic E-state index is 0.0745. The Labute approximate surface area is 88.6 Å². The van der Waals surface area contributed by atoms with Gasteiger partial charge in [0, 0.05) is 6.42 Å². The Kier molecular flexibility index (Phi) is 5.11. The maximum absolute atomic E-state index is 11.7. The predicted molar refractivity (Wildman–Crippen MR) is 62.3 cm³/mol. The van der Waals surface area contributed by atoms with Crippen LogP contribution in [0.4, 0.5) is 0 Å². The summed E-state index contributed by atoms with van der Waals surface area (Å²) in [5.41, 5.74) is 0.691. The Balaban J connectivity index is 3.93. The summed E-state index contributed by atoms with van der Waals surface area (Å²) in [6, 6.07) is 0.